The van der Waals surface area contributed by atoms with E-state index in [-0.39, 0.29) is 18.6 Å². The molecule has 0 atom stereocenters. The van der Waals surface area contributed by atoms with Crippen molar-refractivity contribution in [3.63, 3.8) is 0 Å². The van der Waals surface area contributed by atoms with Gasteiger partial charge in [0.2, 0.25) is 0 Å². The quantitative estimate of drug-likeness (QED) is 0.496. The number of anilines is 1. The summed E-state index contributed by atoms with van der Waals surface area (Å²) in [5, 5.41) is 2.47. The molecule has 1 N–H and O–H groups in total. The highest BCUT2D eigenvalue weighted by atomic mass is 19.1. The molecule has 0 radical (unpaired) electrons. The molecule has 0 spiro atoms. The van der Waals surface area contributed by atoms with Gasteiger partial charge in [-0.3, -0.25) is 14.4 Å². The molecule has 6 nitrogen and oxygen atoms in total. The van der Waals surface area contributed by atoms with E-state index in [2.05, 4.69) is 5.32 Å². The summed E-state index contributed by atoms with van der Waals surface area (Å²) in [5.41, 5.74) is 0.870. The molecule has 28 heavy (non-hydrogen) atoms. The smallest absolute Gasteiger partial charge is 0.306 e. The Kier molecular flexibility index (Phi) is 8.14. The van der Waals surface area contributed by atoms with Gasteiger partial charge in [-0.05, 0) is 55.0 Å². The fourth-order valence-corrected chi connectivity index (χ4v) is 2.27. The first-order chi connectivity index (χ1) is 13.5. The molecule has 0 aliphatic heterocycles. The minimum absolute atomic E-state index is 0.0203. The van der Waals surface area contributed by atoms with E-state index in [4.69, 9.17) is 9.47 Å². The van der Waals surface area contributed by atoms with Crippen molar-refractivity contribution >= 4 is 23.3 Å². The topological polar surface area (TPSA) is 81.7 Å². The van der Waals surface area contributed by atoms with Crippen LogP contribution in [-0.2, 0) is 14.3 Å². The van der Waals surface area contributed by atoms with Crippen LogP contribution < -0.4 is 10.1 Å². The van der Waals surface area contributed by atoms with Gasteiger partial charge in [0.25, 0.3) is 5.91 Å². The first-order valence-corrected chi connectivity index (χ1v) is 8.95. The van der Waals surface area contributed by atoms with Crippen LogP contribution in [0.5, 0.6) is 5.75 Å². The summed E-state index contributed by atoms with van der Waals surface area (Å²) < 4.78 is 23.1. The number of hydrogen-bond donors (Lipinski definition) is 1. The molecule has 0 saturated heterocycles. The number of amides is 1. The Bertz CT molecular complexity index is 803. The standard InChI is InChI=1S/C21H22FNO5/c1-2-13-27-18-9-3-15(4-10-18)19(24)11-12-21(26)28-14-20(25)23-17-7-5-16(22)6-8-17/h3-10H,2,11-14H2,1H3,(H,23,25). The summed E-state index contributed by atoms with van der Waals surface area (Å²) in [6.07, 6.45) is 0.745. The molecule has 0 heterocycles. The van der Waals surface area contributed by atoms with E-state index < -0.39 is 24.3 Å². The van der Waals surface area contributed by atoms with Gasteiger partial charge in [-0.25, -0.2) is 4.39 Å². The third-order valence-corrected chi connectivity index (χ3v) is 3.70. The van der Waals surface area contributed by atoms with E-state index in [1.165, 1.54) is 24.3 Å². The van der Waals surface area contributed by atoms with Crippen molar-refractivity contribution in [2.75, 3.05) is 18.5 Å². The molecule has 2 aromatic carbocycles. The van der Waals surface area contributed by atoms with E-state index in [1.807, 2.05) is 6.92 Å². The highest BCUT2D eigenvalue weighted by molar-refractivity contribution is 5.98. The summed E-state index contributed by atoms with van der Waals surface area (Å²) in [4.78, 5) is 35.6. The Morgan fingerprint density at radius 2 is 1.64 bits per heavy atom. The van der Waals surface area contributed by atoms with E-state index in [9.17, 15) is 18.8 Å². The number of hydrogen-bond acceptors (Lipinski definition) is 5. The van der Waals surface area contributed by atoms with Gasteiger partial charge in [0.1, 0.15) is 11.6 Å². The number of Topliss-reactive ketones (excluding diaryl/α,β-unsaturated/α-hetero) is 1. The molecule has 0 aliphatic carbocycles. The maximum Gasteiger partial charge on any atom is 0.306 e. The molecule has 0 fully saturated rings. The predicted molar refractivity (Wildman–Crippen MR) is 102 cm³/mol. The average Bonchev–Trinajstić information content (AvgIpc) is 2.71. The van der Waals surface area contributed by atoms with Gasteiger partial charge < -0.3 is 14.8 Å². The number of carbonyl (C=O) groups excluding carboxylic acids is 3. The lowest BCUT2D eigenvalue weighted by Crippen LogP contribution is -2.21. The summed E-state index contributed by atoms with van der Waals surface area (Å²) in [6, 6.07) is 11.9. The lowest BCUT2D eigenvalue weighted by molar-refractivity contribution is -0.147. The SMILES string of the molecule is CCCOc1ccc(C(=O)CCC(=O)OCC(=O)Nc2ccc(F)cc2)cc1. The van der Waals surface area contributed by atoms with Gasteiger partial charge in [0.15, 0.2) is 12.4 Å². The number of nitrogens with one attached hydrogen (secondary N) is 1. The molecule has 0 bridgehead atoms. The van der Waals surface area contributed by atoms with Gasteiger partial charge in [-0.1, -0.05) is 6.92 Å². The Balaban J connectivity index is 1.70. The molecule has 2 aromatic rings. The number of benzene rings is 2. The van der Waals surface area contributed by atoms with Crippen LogP contribution in [0.25, 0.3) is 0 Å². The highest BCUT2D eigenvalue weighted by Crippen LogP contribution is 2.14. The number of esters is 1. The maximum atomic E-state index is 12.8. The Morgan fingerprint density at radius 3 is 2.29 bits per heavy atom. The number of halogens is 1. The van der Waals surface area contributed by atoms with E-state index >= 15 is 0 Å². The van der Waals surface area contributed by atoms with Crippen LogP contribution in [0.4, 0.5) is 10.1 Å². The van der Waals surface area contributed by atoms with Crippen LogP contribution in [0.15, 0.2) is 48.5 Å². The number of ketones is 1. The number of carbonyl (C=O) groups is 3. The molecule has 148 valence electrons. The van der Waals surface area contributed by atoms with Gasteiger partial charge in [0, 0.05) is 17.7 Å². The monoisotopic (exact) mass is 387 g/mol. The Hall–Kier alpha value is -3.22. The summed E-state index contributed by atoms with van der Waals surface area (Å²) in [6.45, 7) is 2.13. The van der Waals surface area contributed by atoms with Crippen molar-refractivity contribution in [1.82, 2.24) is 0 Å². The van der Waals surface area contributed by atoms with Crippen LogP contribution in [-0.4, -0.2) is 30.9 Å². The van der Waals surface area contributed by atoms with Crippen LogP contribution >= 0.6 is 0 Å². The van der Waals surface area contributed by atoms with Crippen molar-refractivity contribution in [2.24, 2.45) is 0 Å². The van der Waals surface area contributed by atoms with Crippen molar-refractivity contribution in [2.45, 2.75) is 26.2 Å². The molecule has 7 heteroatoms. The third-order valence-electron chi connectivity index (χ3n) is 3.70. The first kappa shape index (κ1) is 21.1. The number of ether oxygens (including phenoxy) is 2. The second kappa shape index (κ2) is 10.8. The van der Waals surface area contributed by atoms with Gasteiger partial charge in [-0.15, -0.1) is 0 Å². The second-order valence-corrected chi connectivity index (χ2v) is 6.01. The van der Waals surface area contributed by atoms with Crippen molar-refractivity contribution in [3.05, 3.63) is 59.9 Å². The predicted octanol–water partition coefficient (Wildman–Crippen LogP) is 3.76. The van der Waals surface area contributed by atoms with Crippen molar-refractivity contribution in [3.8, 4) is 5.75 Å². The minimum Gasteiger partial charge on any atom is -0.494 e. The van der Waals surface area contributed by atoms with Gasteiger partial charge >= 0.3 is 5.97 Å². The number of rotatable bonds is 10. The van der Waals surface area contributed by atoms with Gasteiger partial charge in [-0.2, -0.15) is 0 Å². The summed E-state index contributed by atoms with van der Waals surface area (Å²) >= 11 is 0. The molecule has 0 aliphatic rings. The van der Waals surface area contributed by atoms with Crippen LogP contribution in [0.3, 0.4) is 0 Å². The third kappa shape index (κ3) is 7.19. The van der Waals surface area contributed by atoms with E-state index in [0.717, 1.165) is 6.42 Å². The zero-order chi connectivity index (χ0) is 20.4. The zero-order valence-electron chi connectivity index (χ0n) is 15.6. The molecule has 2 rings (SSSR count). The summed E-state index contributed by atoms with van der Waals surface area (Å²) in [7, 11) is 0. The Morgan fingerprint density at radius 1 is 0.964 bits per heavy atom. The zero-order valence-corrected chi connectivity index (χ0v) is 15.6. The van der Waals surface area contributed by atoms with E-state index in [0.29, 0.717) is 23.6 Å². The fourth-order valence-electron chi connectivity index (χ4n) is 2.27. The summed E-state index contributed by atoms with van der Waals surface area (Å²) in [5.74, 6) is -1.13. The molecular formula is C21H22FNO5. The van der Waals surface area contributed by atoms with Crippen LogP contribution in [0.1, 0.15) is 36.5 Å². The molecule has 0 saturated carbocycles. The molecule has 0 aromatic heterocycles. The largest absolute Gasteiger partial charge is 0.494 e. The lowest BCUT2D eigenvalue weighted by atomic mass is 10.1. The fraction of sp³-hybridized carbons (Fsp3) is 0.286. The second-order valence-electron chi connectivity index (χ2n) is 6.01. The van der Waals surface area contributed by atoms with Crippen molar-refractivity contribution in [1.29, 1.82) is 0 Å². The van der Waals surface area contributed by atoms with Crippen LogP contribution in [0.2, 0.25) is 0 Å². The highest BCUT2D eigenvalue weighted by Gasteiger charge is 2.12. The molecule has 1 amide bonds. The maximum absolute atomic E-state index is 12.8. The van der Waals surface area contributed by atoms with Crippen molar-refractivity contribution < 1.29 is 28.2 Å². The Labute approximate surface area is 162 Å². The molecular weight excluding hydrogens is 365 g/mol. The molecule has 0 unspecified atom stereocenters. The van der Waals surface area contributed by atoms with Gasteiger partial charge in [0.05, 0.1) is 13.0 Å². The average molecular weight is 387 g/mol. The van der Waals surface area contributed by atoms with Crippen LogP contribution in [0, 0.1) is 5.82 Å². The normalized spacial score (nSPS) is 10.2. The lowest BCUT2D eigenvalue weighted by Gasteiger charge is -2.07. The minimum atomic E-state index is -0.648. The first-order valence-electron chi connectivity index (χ1n) is 8.95. The van der Waals surface area contributed by atoms with E-state index in [1.54, 1.807) is 24.3 Å².